The molecule has 21 heavy (non-hydrogen) atoms. The molecule has 0 aliphatic carbocycles. The molecule has 0 saturated carbocycles. The molecule has 0 radical (unpaired) electrons. The molecular formula is C18H26FNO. The highest BCUT2D eigenvalue weighted by Crippen LogP contribution is 2.27. The molecule has 0 aromatic heterocycles. The molecule has 1 aliphatic heterocycles. The molecular weight excluding hydrogens is 265 g/mol. The van der Waals surface area contributed by atoms with E-state index in [4.69, 9.17) is 0 Å². The van der Waals surface area contributed by atoms with Crippen molar-refractivity contribution in [1.29, 1.82) is 0 Å². The Morgan fingerprint density at radius 1 is 1.33 bits per heavy atom. The molecule has 0 bridgehead atoms. The molecule has 1 amide bonds. The standard InChI is InChI=1S/C18H26FNO/c1-3-14(2)12-18(21)20-11-5-4-6-16(13-20)15-7-9-17(19)10-8-15/h7-10,14,16H,3-6,11-13H2,1-2H3. The summed E-state index contributed by atoms with van der Waals surface area (Å²) < 4.78 is 13.1. The third-order valence-corrected chi connectivity index (χ3v) is 4.59. The number of nitrogens with zero attached hydrogens (tertiary/aromatic N) is 1. The summed E-state index contributed by atoms with van der Waals surface area (Å²) in [5.41, 5.74) is 1.15. The summed E-state index contributed by atoms with van der Waals surface area (Å²) in [4.78, 5) is 14.4. The van der Waals surface area contributed by atoms with Crippen molar-refractivity contribution in [2.45, 2.75) is 51.9 Å². The minimum absolute atomic E-state index is 0.197. The van der Waals surface area contributed by atoms with Gasteiger partial charge in [-0.3, -0.25) is 4.79 Å². The van der Waals surface area contributed by atoms with Crippen molar-refractivity contribution in [2.24, 2.45) is 5.92 Å². The first-order valence-corrected chi connectivity index (χ1v) is 8.13. The average Bonchev–Trinajstić information content (AvgIpc) is 2.74. The van der Waals surface area contributed by atoms with Gasteiger partial charge in [0.25, 0.3) is 0 Å². The number of rotatable bonds is 4. The minimum atomic E-state index is -0.197. The van der Waals surface area contributed by atoms with E-state index in [0.717, 1.165) is 44.3 Å². The topological polar surface area (TPSA) is 20.3 Å². The second kappa shape index (κ2) is 7.58. The zero-order valence-corrected chi connectivity index (χ0v) is 13.1. The molecule has 1 heterocycles. The highest BCUT2D eigenvalue weighted by Gasteiger charge is 2.23. The maximum atomic E-state index is 13.1. The Hall–Kier alpha value is -1.38. The van der Waals surface area contributed by atoms with Gasteiger partial charge in [0.2, 0.25) is 5.91 Å². The van der Waals surface area contributed by atoms with Crippen LogP contribution in [0.15, 0.2) is 24.3 Å². The van der Waals surface area contributed by atoms with Crippen LogP contribution < -0.4 is 0 Å². The number of benzene rings is 1. The first-order valence-electron chi connectivity index (χ1n) is 8.13. The molecule has 116 valence electrons. The molecule has 2 rings (SSSR count). The fourth-order valence-corrected chi connectivity index (χ4v) is 2.95. The molecule has 1 fully saturated rings. The normalized spacial score (nSPS) is 20.9. The van der Waals surface area contributed by atoms with E-state index >= 15 is 0 Å². The van der Waals surface area contributed by atoms with E-state index in [0.29, 0.717) is 18.3 Å². The van der Waals surface area contributed by atoms with E-state index in [1.54, 1.807) is 0 Å². The van der Waals surface area contributed by atoms with Crippen LogP contribution in [-0.4, -0.2) is 23.9 Å². The fourth-order valence-electron chi connectivity index (χ4n) is 2.95. The highest BCUT2D eigenvalue weighted by atomic mass is 19.1. The summed E-state index contributed by atoms with van der Waals surface area (Å²) in [6, 6.07) is 6.77. The Morgan fingerprint density at radius 3 is 2.71 bits per heavy atom. The number of hydrogen-bond donors (Lipinski definition) is 0. The van der Waals surface area contributed by atoms with Gasteiger partial charge in [0.05, 0.1) is 0 Å². The molecule has 1 saturated heterocycles. The molecule has 1 aromatic carbocycles. The smallest absolute Gasteiger partial charge is 0.222 e. The Labute approximate surface area is 127 Å². The Bertz CT molecular complexity index is 457. The second-order valence-corrected chi connectivity index (χ2v) is 6.30. The van der Waals surface area contributed by atoms with E-state index in [1.807, 2.05) is 17.0 Å². The highest BCUT2D eigenvalue weighted by molar-refractivity contribution is 5.76. The molecule has 2 atom stereocenters. The van der Waals surface area contributed by atoms with Crippen molar-refractivity contribution in [1.82, 2.24) is 4.90 Å². The summed E-state index contributed by atoms with van der Waals surface area (Å²) in [5.74, 6) is 0.870. The van der Waals surface area contributed by atoms with Gasteiger partial charge >= 0.3 is 0 Å². The van der Waals surface area contributed by atoms with Crippen molar-refractivity contribution < 1.29 is 9.18 Å². The van der Waals surface area contributed by atoms with Gasteiger partial charge < -0.3 is 4.90 Å². The van der Waals surface area contributed by atoms with Crippen LogP contribution in [0.25, 0.3) is 0 Å². The summed E-state index contributed by atoms with van der Waals surface area (Å²) >= 11 is 0. The van der Waals surface area contributed by atoms with Crippen LogP contribution in [0.2, 0.25) is 0 Å². The van der Waals surface area contributed by atoms with Crippen LogP contribution in [0.5, 0.6) is 0 Å². The third-order valence-electron chi connectivity index (χ3n) is 4.59. The molecule has 1 aliphatic rings. The fraction of sp³-hybridized carbons (Fsp3) is 0.611. The van der Waals surface area contributed by atoms with E-state index in [-0.39, 0.29) is 11.7 Å². The van der Waals surface area contributed by atoms with E-state index in [1.165, 1.54) is 12.1 Å². The number of halogens is 1. The van der Waals surface area contributed by atoms with Crippen molar-refractivity contribution in [3.05, 3.63) is 35.6 Å². The van der Waals surface area contributed by atoms with Crippen molar-refractivity contribution >= 4 is 5.91 Å². The summed E-state index contributed by atoms with van der Waals surface area (Å²) in [6.45, 7) is 5.91. The number of hydrogen-bond acceptors (Lipinski definition) is 1. The van der Waals surface area contributed by atoms with Crippen LogP contribution in [0.1, 0.15) is 57.4 Å². The predicted molar refractivity (Wildman–Crippen MR) is 83.6 cm³/mol. The van der Waals surface area contributed by atoms with Gasteiger partial charge in [0.1, 0.15) is 5.82 Å². The average molecular weight is 291 g/mol. The van der Waals surface area contributed by atoms with Gasteiger partial charge in [-0.15, -0.1) is 0 Å². The second-order valence-electron chi connectivity index (χ2n) is 6.30. The van der Waals surface area contributed by atoms with Gasteiger partial charge in [-0.2, -0.15) is 0 Å². The number of carbonyl (C=O) groups is 1. The van der Waals surface area contributed by atoms with Crippen LogP contribution in [0, 0.1) is 11.7 Å². The zero-order valence-electron chi connectivity index (χ0n) is 13.1. The maximum absolute atomic E-state index is 13.1. The Kier molecular flexibility index (Phi) is 5.77. The molecule has 2 nitrogen and oxygen atoms in total. The van der Waals surface area contributed by atoms with Gasteiger partial charge in [0, 0.05) is 25.4 Å². The molecule has 1 aromatic rings. The number of likely N-dealkylation sites (tertiary alicyclic amines) is 1. The lowest BCUT2D eigenvalue weighted by atomic mass is 9.94. The van der Waals surface area contributed by atoms with Crippen LogP contribution in [-0.2, 0) is 4.79 Å². The van der Waals surface area contributed by atoms with Crippen molar-refractivity contribution in [3.8, 4) is 0 Å². The van der Waals surface area contributed by atoms with Crippen LogP contribution in [0.3, 0.4) is 0 Å². The Morgan fingerprint density at radius 2 is 2.05 bits per heavy atom. The molecule has 2 unspecified atom stereocenters. The van der Waals surface area contributed by atoms with Gasteiger partial charge in [-0.1, -0.05) is 38.8 Å². The minimum Gasteiger partial charge on any atom is -0.342 e. The lowest BCUT2D eigenvalue weighted by Gasteiger charge is -2.26. The monoisotopic (exact) mass is 291 g/mol. The summed E-state index contributed by atoms with van der Waals surface area (Å²) in [6.07, 6.45) is 4.98. The quantitative estimate of drug-likeness (QED) is 0.807. The largest absolute Gasteiger partial charge is 0.342 e. The van der Waals surface area contributed by atoms with Gasteiger partial charge in [-0.05, 0) is 36.5 Å². The summed E-state index contributed by atoms with van der Waals surface area (Å²) in [7, 11) is 0. The summed E-state index contributed by atoms with van der Waals surface area (Å²) in [5, 5.41) is 0. The zero-order chi connectivity index (χ0) is 15.2. The molecule has 0 spiro atoms. The van der Waals surface area contributed by atoms with E-state index < -0.39 is 0 Å². The SMILES string of the molecule is CCC(C)CC(=O)N1CCCCC(c2ccc(F)cc2)C1. The number of carbonyl (C=O) groups excluding carboxylic acids is 1. The lowest BCUT2D eigenvalue weighted by Crippen LogP contribution is -2.34. The first kappa shape index (κ1) is 16.0. The van der Waals surface area contributed by atoms with Gasteiger partial charge in [-0.25, -0.2) is 4.39 Å². The van der Waals surface area contributed by atoms with Crippen molar-refractivity contribution in [2.75, 3.05) is 13.1 Å². The maximum Gasteiger partial charge on any atom is 0.222 e. The lowest BCUT2D eigenvalue weighted by molar-refractivity contribution is -0.132. The number of amides is 1. The van der Waals surface area contributed by atoms with Crippen molar-refractivity contribution in [3.63, 3.8) is 0 Å². The third kappa shape index (κ3) is 4.55. The van der Waals surface area contributed by atoms with E-state index in [9.17, 15) is 9.18 Å². The van der Waals surface area contributed by atoms with Crippen LogP contribution >= 0.6 is 0 Å². The van der Waals surface area contributed by atoms with Crippen LogP contribution in [0.4, 0.5) is 4.39 Å². The molecule has 0 N–H and O–H groups in total. The van der Waals surface area contributed by atoms with E-state index in [2.05, 4.69) is 13.8 Å². The molecule has 3 heteroatoms. The predicted octanol–water partition coefficient (Wildman–Crippen LogP) is 4.36. The Balaban J connectivity index is 2.04. The van der Waals surface area contributed by atoms with Gasteiger partial charge in [0.15, 0.2) is 0 Å². The first-order chi connectivity index (χ1) is 10.1.